The Morgan fingerprint density at radius 2 is 2.05 bits per heavy atom. The van der Waals surface area contributed by atoms with Crippen molar-refractivity contribution in [3.05, 3.63) is 35.9 Å². The summed E-state index contributed by atoms with van der Waals surface area (Å²) in [6.45, 7) is 1.90. The highest BCUT2D eigenvalue weighted by atomic mass is 35.5. The van der Waals surface area contributed by atoms with Gasteiger partial charge in [-0.15, -0.1) is 0 Å². The molecule has 1 atom stereocenters. The second-order valence-corrected chi connectivity index (χ2v) is 5.76. The number of carbonyl (C=O) groups excluding carboxylic acids is 1. The lowest BCUT2D eigenvalue weighted by Gasteiger charge is -2.28. The third-order valence-electron chi connectivity index (χ3n) is 3.05. The third kappa shape index (κ3) is 3.19. The maximum absolute atomic E-state index is 11.9. The Hall–Kier alpha value is -1.59. The molecule has 7 heteroatoms. The fraction of sp³-hybridized carbons (Fsp3) is 0.357. The van der Waals surface area contributed by atoms with Gasteiger partial charge < -0.3 is 11.1 Å². The zero-order valence-electron chi connectivity index (χ0n) is 11.5. The summed E-state index contributed by atoms with van der Waals surface area (Å²) in [6, 6.07) is 9.29. The molecule has 0 saturated heterocycles. The number of aliphatic imine (C=N–C) groups is 2. The molecule has 0 aliphatic carbocycles. The lowest BCUT2D eigenvalue weighted by atomic mass is 10.1. The van der Waals surface area contributed by atoms with E-state index in [1.807, 2.05) is 37.3 Å². The van der Waals surface area contributed by atoms with Crippen LogP contribution in [0.4, 0.5) is 0 Å². The van der Waals surface area contributed by atoms with Crippen LogP contribution in [0.2, 0.25) is 0 Å². The Morgan fingerprint density at radius 1 is 1.38 bits per heavy atom. The van der Waals surface area contributed by atoms with Crippen LogP contribution in [0.25, 0.3) is 0 Å². The van der Waals surface area contributed by atoms with Crippen molar-refractivity contribution in [2.45, 2.75) is 30.3 Å². The Bertz CT molecular complexity index is 586. The molecule has 21 heavy (non-hydrogen) atoms. The van der Waals surface area contributed by atoms with Crippen molar-refractivity contribution in [2.75, 3.05) is 0 Å². The zero-order valence-corrected chi connectivity index (χ0v) is 13.0. The second-order valence-electron chi connectivity index (χ2n) is 4.66. The van der Waals surface area contributed by atoms with Crippen LogP contribution in [0.15, 0.2) is 40.3 Å². The van der Waals surface area contributed by atoms with Gasteiger partial charge in [-0.25, -0.2) is 9.98 Å². The van der Waals surface area contributed by atoms with Gasteiger partial charge in [-0.05, 0) is 6.42 Å². The molecular weight excluding hydrogens is 311 g/mol. The lowest BCUT2D eigenvalue weighted by molar-refractivity contribution is -0.122. The largest absolute Gasteiger partial charge is 0.383 e. The molecule has 3 N–H and O–H groups in total. The first-order valence-corrected chi connectivity index (χ1v) is 7.46. The smallest absolute Gasteiger partial charge is 0.222 e. The van der Waals surface area contributed by atoms with Crippen LogP contribution in [0.1, 0.15) is 25.3 Å². The second kappa shape index (κ2) is 6.45. The van der Waals surface area contributed by atoms with Gasteiger partial charge in [0.25, 0.3) is 0 Å². The van der Waals surface area contributed by atoms with Crippen LogP contribution in [-0.2, 0) is 4.79 Å². The minimum absolute atomic E-state index is 0.0841. The summed E-state index contributed by atoms with van der Waals surface area (Å²) in [4.78, 5) is 19.4. The van der Waals surface area contributed by atoms with Gasteiger partial charge in [0, 0.05) is 12.0 Å². The van der Waals surface area contributed by atoms with Crippen molar-refractivity contribution in [1.29, 1.82) is 0 Å². The molecule has 0 spiro atoms. The Balaban J connectivity index is 2.36. The zero-order chi connectivity index (χ0) is 15.5. The molecule has 0 fully saturated rings. The van der Waals surface area contributed by atoms with E-state index in [0.29, 0.717) is 18.7 Å². The maximum atomic E-state index is 11.9. The molecule has 112 valence electrons. The first-order chi connectivity index (χ1) is 9.99. The molecule has 0 saturated carbocycles. The first-order valence-electron chi connectivity index (χ1n) is 6.58. The Morgan fingerprint density at radius 3 is 2.62 bits per heavy atom. The third-order valence-corrected chi connectivity index (χ3v) is 3.69. The topological polar surface area (TPSA) is 79.8 Å². The number of nitrogens with one attached hydrogen (secondary N) is 1. The monoisotopic (exact) mass is 326 g/mol. The van der Waals surface area contributed by atoms with Crippen molar-refractivity contribution in [1.82, 2.24) is 5.32 Å². The molecule has 0 aromatic heterocycles. The average Bonchev–Trinajstić information content (AvgIpc) is 2.78. The summed E-state index contributed by atoms with van der Waals surface area (Å²) >= 11 is 12.0. The van der Waals surface area contributed by atoms with Crippen molar-refractivity contribution in [2.24, 2.45) is 15.7 Å². The molecule has 2 rings (SSSR count). The summed E-state index contributed by atoms with van der Waals surface area (Å²) < 4.78 is 0. The van der Waals surface area contributed by atoms with Crippen molar-refractivity contribution in [3.63, 3.8) is 0 Å². The number of hydrogen-bond acceptors (Lipinski definition) is 4. The van der Waals surface area contributed by atoms with E-state index in [-0.39, 0.29) is 11.7 Å². The van der Waals surface area contributed by atoms with Crippen LogP contribution in [0.5, 0.6) is 0 Å². The van der Waals surface area contributed by atoms with Crippen molar-refractivity contribution >= 4 is 40.8 Å². The van der Waals surface area contributed by atoms with E-state index in [4.69, 9.17) is 28.9 Å². The standard InChI is InChI=1S/C14H16Cl2N4O/c1-2-6-10(21)19-14(12(15)16)13(17)18-11(20-14)9-7-4-3-5-8-9/h3-5,7-8,12H,2,6H2,1H3,(H,19,21)(H2,17,18,20)/t14-/m0/s1. The first kappa shape index (κ1) is 15.8. The molecule has 1 aliphatic heterocycles. The van der Waals surface area contributed by atoms with E-state index in [1.54, 1.807) is 0 Å². The number of nitrogens with zero attached hydrogens (tertiary/aromatic N) is 2. The van der Waals surface area contributed by atoms with Crippen LogP contribution in [0.3, 0.4) is 0 Å². The predicted octanol–water partition coefficient (Wildman–Crippen LogP) is 2.22. The number of hydrogen-bond donors (Lipinski definition) is 2. The van der Waals surface area contributed by atoms with Gasteiger partial charge in [0.2, 0.25) is 11.6 Å². The van der Waals surface area contributed by atoms with Crippen molar-refractivity contribution < 1.29 is 4.79 Å². The minimum Gasteiger partial charge on any atom is -0.383 e. The van der Waals surface area contributed by atoms with Gasteiger partial charge in [-0.2, -0.15) is 0 Å². The molecular formula is C14H16Cl2N4O. The predicted molar refractivity (Wildman–Crippen MR) is 85.9 cm³/mol. The molecule has 1 aromatic rings. The lowest BCUT2D eigenvalue weighted by Crippen LogP contribution is -2.59. The van der Waals surface area contributed by atoms with Crippen LogP contribution in [-0.4, -0.2) is 28.1 Å². The molecule has 0 radical (unpaired) electrons. The van der Waals surface area contributed by atoms with Crippen LogP contribution >= 0.6 is 23.2 Å². The molecule has 0 unspecified atom stereocenters. The number of alkyl halides is 2. The highest BCUT2D eigenvalue weighted by Crippen LogP contribution is 2.28. The summed E-state index contributed by atoms with van der Waals surface area (Å²) in [5.74, 6) is 0.261. The highest BCUT2D eigenvalue weighted by molar-refractivity contribution is 6.47. The van der Waals surface area contributed by atoms with E-state index < -0.39 is 10.5 Å². The molecule has 1 aliphatic rings. The van der Waals surface area contributed by atoms with E-state index in [2.05, 4.69) is 15.3 Å². The van der Waals surface area contributed by atoms with Crippen LogP contribution in [0, 0.1) is 0 Å². The molecule has 1 amide bonds. The average molecular weight is 327 g/mol. The van der Waals surface area contributed by atoms with E-state index >= 15 is 0 Å². The highest BCUT2D eigenvalue weighted by Gasteiger charge is 2.46. The number of carbonyl (C=O) groups is 1. The van der Waals surface area contributed by atoms with Gasteiger partial charge >= 0.3 is 0 Å². The SMILES string of the molecule is CCCC(=O)N[C@@]1(C(Cl)Cl)N=C(c2ccccc2)N=C1N. The Kier molecular flexibility index (Phi) is 4.85. The summed E-state index contributed by atoms with van der Waals surface area (Å²) in [7, 11) is 0. The number of amidine groups is 2. The Labute approximate surface area is 133 Å². The van der Waals surface area contributed by atoms with E-state index in [0.717, 1.165) is 5.56 Å². The van der Waals surface area contributed by atoms with Gasteiger partial charge in [0.1, 0.15) is 0 Å². The normalized spacial score (nSPS) is 21.1. The summed E-state index contributed by atoms with van der Waals surface area (Å²) in [6.07, 6.45) is 1.04. The molecule has 5 nitrogen and oxygen atoms in total. The van der Waals surface area contributed by atoms with Crippen molar-refractivity contribution in [3.8, 4) is 0 Å². The van der Waals surface area contributed by atoms with Gasteiger partial charge in [-0.3, -0.25) is 4.79 Å². The van der Waals surface area contributed by atoms with E-state index in [9.17, 15) is 4.79 Å². The molecule has 1 aromatic carbocycles. The number of amides is 1. The van der Waals surface area contributed by atoms with E-state index in [1.165, 1.54) is 0 Å². The van der Waals surface area contributed by atoms with Gasteiger partial charge in [0.05, 0.1) is 0 Å². The fourth-order valence-corrected chi connectivity index (χ4v) is 2.40. The molecule has 1 heterocycles. The maximum Gasteiger partial charge on any atom is 0.222 e. The quantitative estimate of drug-likeness (QED) is 0.813. The molecule has 0 bridgehead atoms. The number of halogens is 2. The number of benzene rings is 1. The minimum atomic E-state index is -1.40. The number of nitrogens with two attached hydrogens (primary N) is 1. The van der Waals surface area contributed by atoms with Gasteiger partial charge in [0.15, 0.2) is 16.5 Å². The van der Waals surface area contributed by atoms with Gasteiger partial charge in [-0.1, -0.05) is 60.5 Å². The summed E-state index contributed by atoms with van der Waals surface area (Å²) in [5, 5.41) is 2.70. The fourth-order valence-electron chi connectivity index (χ4n) is 1.97. The summed E-state index contributed by atoms with van der Waals surface area (Å²) in [5.41, 5.74) is 5.32. The van der Waals surface area contributed by atoms with Crippen LogP contribution < -0.4 is 11.1 Å². The number of rotatable bonds is 5.